The number of halogens is 1. The summed E-state index contributed by atoms with van der Waals surface area (Å²) >= 11 is 0. The van der Waals surface area contributed by atoms with Gasteiger partial charge in [0.05, 0.1) is 11.5 Å². The maximum absolute atomic E-state index is 13.2. The van der Waals surface area contributed by atoms with Crippen molar-refractivity contribution < 1.29 is 14.4 Å². The number of aliphatic hydroxyl groups excluding tert-OH is 1. The van der Waals surface area contributed by atoms with Gasteiger partial charge in [0.2, 0.25) is 5.82 Å². The zero-order valence-corrected chi connectivity index (χ0v) is 8.66. The molecular weight excluding hydrogens is 213 g/mol. The van der Waals surface area contributed by atoms with E-state index in [9.17, 15) is 14.5 Å². The van der Waals surface area contributed by atoms with Crippen LogP contribution in [0.5, 0.6) is 0 Å². The van der Waals surface area contributed by atoms with Crippen LogP contribution in [-0.2, 0) is 0 Å². The van der Waals surface area contributed by atoms with Crippen LogP contribution in [0.1, 0.15) is 17.5 Å². The lowest BCUT2D eigenvalue weighted by molar-refractivity contribution is -0.387. The topological polar surface area (TPSA) is 63.4 Å². The van der Waals surface area contributed by atoms with E-state index in [0.29, 0.717) is 11.1 Å². The first kappa shape index (κ1) is 12.1. The third-order valence-corrected chi connectivity index (χ3v) is 1.95. The van der Waals surface area contributed by atoms with Crippen molar-refractivity contribution in [3.63, 3.8) is 0 Å². The van der Waals surface area contributed by atoms with Crippen LogP contribution in [-0.4, -0.2) is 16.6 Å². The van der Waals surface area contributed by atoms with Gasteiger partial charge in [0, 0.05) is 18.1 Å². The second-order valence-corrected chi connectivity index (χ2v) is 3.15. The SMILES string of the molecule is Cc1cc([N+](=O)[O-])c(F)cc1C#CCCO. The Hall–Kier alpha value is -1.93. The van der Waals surface area contributed by atoms with E-state index in [2.05, 4.69) is 11.8 Å². The summed E-state index contributed by atoms with van der Waals surface area (Å²) in [5.74, 6) is 4.38. The summed E-state index contributed by atoms with van der Waals surface area (Å²) in [7, 11) is 0. The van der Waals surface area contributed by atoms with Crippen LogP contribution in [0.4, 0.5) is 10.1 Å². The van der Waals surface area contributed by atoms with E-state index in [1.165, 1.54) is 0 Å². The molecule has 0 spiro atoms. The molecule has 0 aliphatic rings. The number of nitro benzene ring substituents is 1. The summed E-state index contributed by atoms with van der Waals surface area (Å²) in [5, 5.41) is 19.0. The molecule has 0 saturated carbocycles. The van der Waals surface area contributed by atoms with Gasteiger partial charge < -0.3 is 5.11 Å². The Morgan fingerprint density at radius 2 is 2.25 bits per heavy atom. The van der Waals surface area contributed by atoms with Gasteiger partial charge in [-0.3, -0.25) is 10.1 Å². The maximum atomic E-state index is 13.2. The summed E-state index contributed by atoms with van der Waals surface area (Å²) < 4.78 is 13.2. The van der Waals surface area contributed by atoms with Gasteiger partial charge in [0.15, 0.2) is 0 Å². The lowest BCUT2D eigenvalue weighted by Crippen LogP contribution is -1.95. The third-order valence-electron chi connectivity index (χ3n) is 1.95. The van der Waals surface area contributed by atoms with Crippen LogP contribution in [0.2, 0.25) is 0 Å². The Kier molecular flexibility index (Phi) is 3.97. The highest BCUT2D eigenvalue weighted by molar-refractivity contribution is 5.48. The van der Waals surface area contributed by atoms with Gasteiger partial charge in [-0.2, -0.15) is 4.39 Å². The molecule has 1 rings (SSSR count). The fourth-order valence-electron chi connectivity index (χ4n) is 1.15. The number of aliphatic hydroxyl groups is 1. The molecule has 0 aliphatic carbocycles. The molecule has 0 atom stereocenters. The van der Waals surface area contributed by atoms with Gasteiger partial charge >= 0.3 is 5.69 Å². The molecule has 0 aromatic heterocycles. The summed E-state index contributed by atoms with van der Waals surface area (Å²) in [6.07, 6.45) is 0.290. The average Bonchev–Trinajstić information content (AvgIpc) is 2.22. The van der Waals surface area contributed by atoms with Gasteiger partial charge in [-0.05, 0) is 18.6 Å². The van der Waals surface area contributed by atoms with Crippen molar-refractivity contribution in [2.75, 3.05) is 6.61 Å². The Morgan fingerprint density at radius 1 is 1.56 bits per heavy atom. The maximum Gasteiger partial charge on any atom is 0.305 e. The smallest absolute Gasteiger partial charge is 0.305 e. The van der Waals surface area contributed by atoms with Gasteiger partial charge in [-0.25, -0.2) is 0 Å². The molecule has 0 heterocycles. The van der Waals surface area contributed by atoms with Crippen molar-refractivity contribution in [2.24, 2.45) is 0 Å². The highest BCUT2D eigenvalue weighted by atomic mass is 19.1. The normalized spacial score (nSPS) is 9.44. The van der Waals surface area contributed by atoms with Gasteiger partial charge in [-0.1, -0.05) is 11.8 Å². The first-order valence-corrected chi connectivity index (χ1v) is 4.60. The number of nitro groups is 1. The second kappa shape index (κ2) is 5.24. The fraction of sp³-hybridized carbons (Fsp3) is 0.273. The predicted octanol–water partition coefficient (Wildman–Crippen LogP) is 1.78. The van der Waals surface area contributed by atoms with Crippen molar-refractivity contribution in [3.8, 4) is 11.8 Å². The van der Waals surface area contributed by atoms with Crippen molar-refractivity contribution in [1.82, 2.24) is 0 Å². The highest BCUT2D eigenvalue weighted by Gasteiger charge is 2.15. The van der Waals surface area contributed by atoms with Crippen LogP contribution in [0.15, 0.2) is 12.1 Å². The number of hydrogen-bond donors (Lipinski definition) is 1. The second-order valence-electron chi connectivity index (χ2n) is 3.15. The minimum Gasteiger partial charge on any atom is -0.395 e. The molecule has 0 bridgehead atoms. The molecule has 16 heavy (non-hydrogen) atoms. The van der Waals surface area contributed by atoms with E-state index in [1.807, 2.05) is 0 Å². The number of aryl methyl sites for hydroxylation is 1. The van der Waals surface area contributed by atoms with Crippen LogP contribution >= 0.6 is 0 Å². The predicted molar refractivity (Wildman–Crippen MR) is 56.4 cm³/mol. The lowest BCUT2D eigenvalue weighted by atomic mass is 10.1. The molecule has 0 saturated heterocycles. The zero-order valence-electron chi connectivity index (χ0n) is 8.66. The first-order valence-electron chi connectivity index (χ1n) is 4.60. The molecule has 5 heteroatoms. The van der Waals surface area contributed by atoms with Gasteiger partial charge in [0.1, 0.15) is 0 Å². The summed E-state index contributed by atoms with van der Waals surface area (Å²) in [6, 6.07) is 2.19. The van der Waals surface area contributed by atoms with Crippen LogP contribution in [0.3, 0.4) is 0 Å². The molecule has 4 nitrogen and oxygen atoms in total. The van der Waals surface area contributed by atoms with E-state index >= 15 is 0 Å². The molecule has 0 fully saturated rings. The van der Waals surface area contributed by atoms with E-state index in [1.54, 1.807) is 6.92 Å². The summed E-state index contributed by atoms with van der Waals surface area (Å²) in [4.78, 5) is 9.67. The molecule has 1 aromatic rings. The Bertz CT molecular complexity index is 474. The Balaban J connectivity index is 3.12. The molecule has 0 aliphatic heterocycles. The molecule has 1 aromatic carbocycles. The van der Waals surface area contributed by atoms with E-state index in [4.69, 9.17) is 5.11 Å². The molecule has 84 valence electrons. The number of hydrogen-bond acceptors (Lipinski definition) is 3. The van der Waals surface area contributed by atoms with E-state index in [-0.39, 0.29) is 13.0 Å². The zero-order chi connectivity index (χ0) is 12.1. The molecule has 0 amide bonds. The van der Waals surface area contributed by atoms with Crippen LogP contribution in [0, 0.1) is 34.7 Å². The first-order chi connectivity index (χ1) is 7.56. The molecular formula is C11H10FNO3. The van der Waals surface area contributed by atoms with Crippen molar-refractivity contribution >= 4 is 5.69 Å². The largest absolute Gasteiger partial charge is 0.395 e. The van der Waals surface area contributed by atoms with Crippen molar-refractivity contribution in [3.05, 3.63) is 39.2 Å². The monoisotopic (exact) mass is 223 g/mol. The lowest BCUT2D eigenvalue weighted by Gasteiger charge is -1.99. The van der Waals surface area contributed by atoms with Crippen molar-refractivity contribution in [1.29, 1.82) is 0 Å². The van der Waals surface area contributed by atoms with Crippen molar-refractivity contribution in [2.45, 2.75) is 13.3 Å². The van der Waals surface area contributed by atoms with E-state index < -0.39 is 16.4 Å². The molecule has 0 radical (unpaired) electrons. The molecule has 1 N–H and O–H groups in total. The third kappa shape index (κ3) is 2.78. The fourth-order valence-corrected chi connectivity index (χ4v) is 1.15. The standard InChI is InChI=1S/C11H10FNO3/c1-8-6-11(13(15)16)10(12)7-9(8)4-2-3-5-14/h6-7,14H,3,5H2,1H3. The number of nitrogens with zero attached hydrogens (tertiary/aromatic N) is 1. The van der Waals surface area contributed by atoms with Crippen LogP contribution in [0.25, 0.3) is 0 Å². The van der Waals surface area contributed by atoms with Crippen LogP contribution < -0.4 is 0 Å². The number of rotatable bonds is 2. The molecule has 0 unspecified atom stereocenters. The Morgan fingerprint density at radius 3 is 2.81 bits per heavy atom. The van der Waals surface area contributed by atoms with Gasteiger partial charge in [0.25, 0.3) is 0 Å². The minimum atomic E-state index is -0.899. The summed E-state index contributed by atoms with van der Waals surface area (Å²) in [5.41, 5.74) is 0.389. The Labute approximate surface area is 91.9 Å². The minimum absolute atomic E-state index is 0.0679. The summed E-state index contributed by atoms with van der Waals surface area (Å²) in [6.45, 7) is 1.55. The van der Waals surface area contributed by atoms with Gasteiger partial charge in [-0.15, -0.1) is 0 Å². The van der Waals surface area contributed by atoms with E-state index in [0.717, 1.165) is 12.1 Å². The average molecular weight is 223 g/mol. The highest BCUT2D eigenvalue weighted by Crippen LogP contribution is 2.21. The number of benzene rings is 1. The quantitative estimate of drug-likeness (QED) is 0.472.